The molecule has 16 heteroatoms. The molecule has 2 nitrogen and oxygen atoms in total. The molecule has 0 aliphatic carbocycles. The van der Waals surface area contributed by atoms with E-state index < -0.39 is 52.6 Å². The van der Waals surface area contributed by atoms with Gasteiger partial charge in [0.1, 0.15) is 0 Å². The van der Waals surface area contributed by atoms with Gasteiger partial charge in [0.25, 0.3) is 0 Å². The summed E-state index contributed by atoms with van der Waals surface area (Å²) in [4.78, 5) is 0. The largest absolute Gasteiger partial charge is 0.459 e. The number of benzene rings is 4. The van der Waals surface area contributed by atoms with Crippen LogP contribution in [-0.2, 0) is 18.3 Å². The number of halogens is 14. The van der Waals surface area contributed by atoms with Gasteiger partial charge >= 0.3 is 36.0 Å². The molecule has 0 aromatic heterocycles. The molecule has 49 heavy (non-hydrogen) atoms. The Morgan fingerprint density at radius 2 is 0.551 bits per heavy atom. The van der Waals surface area contributed by atoms with Crippen LogP contribution in [0.3, 0.4) is 0 Å². The number of rotatable bonds is 10. The topological polar surface area (TPSA) is 52.0 Å². The van der Waals surface area contributed by atoms with Crippen molar-refractivity contribution in [3.05, 3.63) is 130 Å². The molecule has 4 aromatic carbocycles. The third-order valence-corrected chi connectivity index (χ3v) is 7.99. The number of hydrogen-bond acceptors (Lipinski definition) is 2. The fourth-order valence-electron chi connectivity index (χ4n) is 5.40. The van der Waals surface area contributed by atoms with Crippen molar-refractivity contribution >= 4 is 11.4 Å². The minimum absolute atomic E-state index is 0.00179. The lowest BCUT2D eigenvalue weighted by Gasteiger charge is -2.50. The van der Waals surface area contributed by atoms with Crippen molar-refractivity contribution in [2.45, 2.75) is 54.3 Å². The average Bonchev–Trinajstić information content (AvgIpc) is 3.00. The number of nitrogens with two attached hydrogens (primary N) is 2. The van der Waals surface area contributed by atoms with Crippen LogP contribution in [0, 0.1) is 0 Å². The van der Waals surface area contributed by atoms with Crippen LogP contribution in [0.2, 0.25) is 0 Å². The Hall–Kier alpha value is -4.50. The highest BCUT2D eigenvalue weighted by Crippen LogP contribution is 2.67. The van der Waals surface area contributed by atoms with E-state index in [0.29, 0.717) is 46.8 Å². The third-order valence-electron chi connectivity index (χ3n) is 7.99. The van der Waals surface area contributed by atoms with E-state index in [1.165, 1.54) is 48.5 Å². The summed E-state index contributed by atoms with van der Waals surface area (Å²) in [5.41, 5.74) is 2.50. The first-order valence-electron chi connectivity index (χ1n) is 13.9. The maximum Gasteiger partial charge on any atom is 0.459 e. The molecular formula is C33H24F14N2. The van der Waals surface area contributed by atoms with Crippen LogP contribution >= 0.6 is 0 Å². The van der Waals surface area contributed by atoms with E-state index in [9.17, 15) is 43.9 Å². The number of hydrogen-bond donors (Lipinski definition) is 2. The second kappa shape index (κ2) is 12.4. The van der Waals surface area contributed by atoms with E-state index in [1.807, 2.05) is 0 Å². The van der Waals surface area contributed by atoms with Crippen molar-refractivity contribution in [1.29, 1.82) is 0 Å². The molecule has 0 spiro atoms. The third kappa shape index (κ3) is 6.25. The minimum Gasteiger partial charge on any atom is -0.399 e. The van der Waals surface area contributed by atoms with Gasteiger partial charge in [-0.05, 0) is 70.5 Å². The van der Waals surface area contributed by atoms with E-state index in [1.54, 1.807) is 0 Å². The maximum absolute atomic E-state index is 16.1. The summed E-state index contributed by atoms with van der Waals surface area (Å²) < 4.78 is 205. The van der Waals surface area contributed by atoms with Crippen molar-refractivity contribution < 1.29 is 61.5 Å². The van der Waals surface area contributed by atoms with Crippen LogP contribution in [0.15, 0.2) is 97.1 Å². The smallest absolute Gasteiger partial charge is 0.399 e. The molecule has 0 heterocycles. The summed E-state index contributed by atoms with van der Waals surface area (Å²) in [6.07, 6.45) is -15.1. The van der Waals surface area contributed by atoms with Crippen LogP contribution in [0.4, 0.5) is 72.8 Å². The van der Waals surface area contributed by atoms with E-state index in [-0.39, 0.29) is 48.2 Å². The molecule has 264 valence electrons. The maximum atomic E-state index is 16.1. The highest BCUT2D eigenvalue weighted by molar-refractivity contribution is 5.51. The molecular weight excluding hydrogens is 690 g/mol. The zero-order valence-electron chi connectivity index (χ0n) is 24.6. The van der Waals surface area contributed by atoms with Crippen LogP contribution in [0.1, 0.15) is 33.4 Å². The van der Waals surface area contributed by atoms with Gasteiger partial charge in [-0.15, -0.1) is 0 Å². The molecule has 0 aliphatic rings. The standard InChI is InChI=1S/C33H24F14N2/c34-28(35,30(38,39)32(42,43)44)27(29(36,37)31(40,41)33(45,46)47,23-9-1-19(2-10-23)17-21-5-13-25(48)14-6-21)24-11-3-20(4-12-24)18-22-7-15-26(49)16-8-22/h1-16H,17-18,48-49H2. The Morgan fingerprint density at radius 3 is 0.776 bits per heavy atom. The number of alkyl halides is 14. The highest BCUT2D eigenvalue weighted by atomic mass is 19.4. The van der Waals surface area contributed by atoms with Gasteiger partial charge in [-0.2, -0.15) is 61.5 Å². The van der Waals surface area contributed by atoms with Crippen molar-refractivity contribution in [2.75, 3.05) is 11.5 Å². The van der Waals surface area contributed by atoms with E-state index in [0.717, 1.165) is 0 Å². The Balaban J connectivity index is 2.05. The molecule has 4 N–H and O–H groups in total. The van der Waals surface area contributed by atoms with Gasteiger partial charge in [0, 0.05) is 11.4 Å². The molecule has 0 atom stereocenters. The van der Waals surface area contributed by atoms with Crippen LogP contribution in [-0.4, -0.2) is 36.0 Å². The fraction of sp³-hybridized carbons (Fsp3) is 0.273. The summed E-state index contributed by atoms with van der Waals surface area (Å²) in [7, 11) is 0. The lowest BCUT2D eigenvalue weighted by molar-refractivity contribution is -0.415. The lowest BCUT2D eigenvalue weighted by Crippen LogP contribution is -2.74. The molecule has 4 aromatic rings. The molecule has 4 rings (SSSR count). The molecule has 0 unspecified atom stereocenters. The number of nitrogen functional groups attached to an aromatic ring is 2. The lowest BCUT2D eigenvalue weighted by atomic mass is 9.61. The summed E-state index contributed by atoms with van der Waals surface area (Å²) in [6, 6.07) is 14.5. The summed E-state index contributed by atoms with van der Waals surface area (Å²) in [5, 5.41) is 0. The van der Waals surface area contributed by atoms with Crippen LogP contribution < -0.4 is 11.5 Å². The monoisotopic (exact) mass is 714 g/mol. The van der Waals surface area contributed by atoms with Gasteiger partial charge in [0.15, 0.2) is 5.41 Å². The molecule has 0 bridgehead atoms. The predicted molar refractivity (Wildman–Crippen MR) is 153 cm³/mol. The molecule has 0 saturated heterocycles. The minimum atomic E-state index is -7.59. The molecule has 0 fully saturated rings. The van der Waals surface area contributed by atoms with E-state index in [4.69, 9.17) is 11.5 Å². The summed E-state index contributed by atoms with van der Waals surface area (Å²) in [6.45, 7) is 0. The zero-order chi connectivity index (χ0) is 36.8. The quantitative estimate of drug-likeness (QED) is 0.127. The van der Waals surface area contributed by atoms with E-state index >= 15 is 17.6 Å². The fourth-order valence-corrected chi connectivity index (χ4v) is 5.40. The SMILES string of the molecule is Nc1ccc(Cc2ccc(C(c3ccc(Cc4ccc(N)cc4)cc3)(C(F)(F)C(F)(F)C(F)(F)F)C(F)(F)C(F)(F)C(F)(F)F)cc2)cc1. The first kappa shape index (κ1) is 37.3. The second-order valence-electron chi connectivity index (χ2n) is 11.3. The van der Waals surface area contributed by atoms with Crippen LogP contribution in [0.5, 0.6) is 0 Å². The summed E-state index contributed by atoms with van der Waals surface area (Å²) in [5.74, 6) is -30.0. The van der Waals surface area contributed by atoms with Gasteiger partial charge < -0.3 is 11.5 Å². The van der Waals surface area contributed by atoms with E-state index in [2.05, 4.69) is 0 Å². The van der Waals surface area contributed by atoms with Gasteiger partial charge in [-0.25, -0.2) is 0 Å². The summed E-state index contributed by atoms with van der Waals surface area (Å²) >= 11 is 0. The first-order chi connectivity index (χ1) is 22.4. The molecule has 0 saturated carbocycles. The molecule has 0 amide bonds. The number of anilines is 2. The van der Waals surface area contributed by atoms with Gasteiger partial charge in [0.2, 0.25) is 0 Å². The van der Waals surface area contributed by atoms with Crippen molar-refractivity contribution in [3.63, 3.8) is 0 Å². The van der Waals surface area contributed by atoms with Crippen molar-refractivity contribution in [2.24, 2.45) is 0 Å². The second-order valence-corrected chi connectivity index (χ2v) is 11.3. The zero-order valence-corrected chi connectivity index (χ0v) is 24.6. The average molecular weight is 715 g/mol. The Labute approximate surface area is 269 Å². The normalized spacial score (nSPS) is 13.8. The predicted octanol–water partition coefficient (Wildman–Crippen LogP) is 9.98. The van der Waals surface area contributed by atoms with Gasteiger partial charge in [-0.3, -0.25) is 0 Å². The van der Waals surface area contributed by atoms with Crippen LogP contribution in [0.25, 0.3) is 0 Å². The van der Waals surface area contributed by atoms with Gasteiger partial charge in [-0.1, -0.05) is 72.8 Å². The Kier molecular flexibility index (Phi) is 9.47. The highest BCUT2D eigenvalue weighted by Gasteiger charge is 2.91. The Morgan fingerprint density at radius 1 is 0.327 bits per heavy atom. The molecule has 0 aliphatic heterocycles. The molecule has 0 radical (unpaired) electrons. The van der Waals surface area contributed by atoms with Crippen molar-refractivity contribution in [3.8, 4) is 0 Å². The first-order valence-corrected chi connectivity index (χ1v) is 13.9. The van der Waals surface area contributed by atoms with Gasteiger partial charge in [0.05, 0.1) is 0 Å². The Bertz CT molecular complexity index is 1590. The van der Waals surface area contributed by atoms with Crippen molar-refractivity contribution in [1.82, 2.24) is 0 Å².